The summed E-state index contributed by atoms with van der Waals surface area (Å²) in [6.07, 6.45) is 4.25. The molecule has 0 atom stereocenters. The molecule has 2 aromatic rings. The van der Waals surface area contributed by atoms with Crippen molar-refractivity contribution >= 4 is 11.6 Å². The third-order valence-corrected chi connectivity index (χ3v) is 6.54. The summed E-state index contributed by atoms with van der Waals surface area (Å²) in [5.41, 5.74) is 3.50. The second kappa shape index (κ2) is 10.3. The van der Waals surface area contributed by atoms with E-state index in [4.69, 9.17) is 4.74 Å². The van der Waals surface area contributed by atoms with Gasteiger partial charge in [-0.3, -0.25) is 9.69 Å². The minimum absolute atomic E-state index is 0.0870. The zero-order chi connectivity index (χ0) is 21.6. The maximum atomic E-state index is 12.7. The molecule has 2 heterocycles. The molecule has 0 aromatic heterocycles. The number of rotatable bonds is 6. The number of carbonyl (C=O) groups is 1. The van der Waals surface area contributed by atoms with Gasteiger partial charge in [-0.25, -0.2) is 0 Å². The van der Waals surface area contributed by atoms with E-state index in [1.54, 1.807) is 0 Å². The molecule has 2 aliphatic heterocycles. The Balaban J connectivity index is 1.21. The molecule has 31 heavy (non-hydrogen) atoms. The normalized spacial score (nSPS) is 19.3. The van der Waals surface area contributed by atoms with Crippen LogP contribution in [0.3, 0.4) is 0 Å². The standard InChI is InChI=1S/C26H35N3O2/c1-20-4-3-5-21(18-20)19-29-16-10-22(11-17-29)26(30)27-23-6-8-24(9-7-23)31-25-12-14-28(2)15-13-25/h3-9,18,22,25H,10-17,19H2,1-2H3,(H,27,30). The van der Waals surface area contributed by atoms with E-state index < -0.39 is 0 Å². The number of aryl methyl sites for hydroxylation is 1. The van der Waals surface area contributed by atoms with E-state index in [1.165, 1.54) is 11.1 Å². The van der Waals surface area contributed by atoms with Gasteiger partial charge in [0.15, 0.2) is 0 Å². The summed E-state index contributed by atoms with van der Waals surface area (Å²) in [4.78, 5) is 17.5. The van der Waals surface area contributed by atoms with Crippen LogP contribution in [0.5, 0.6) is 5.75 Å². The van der Waals surface area contributed by atoms with Gasteiger partial charge in [0.25, 0.3) is 0 Å². The Morgan fingerprint density at radius 1 is 1.00 bits per heavy atom. The molecule has 0 unspecified atom stereocenters. The molecule has 166 valence electrons. The van der Waals surface area contributed by atoms with Crippen molar-refractivity contribution in [2.75, 3.05) is 38.5 Å². The Labute approximate surface area is 186 Å². The molecule has 4 rings (SSSR count). The molecule has 0 bridgehead atoms. The van der Waals surface area contributed by atoms with E-state index in [0.717, 1.165) is 69.8 Å². The largest absolute Gasteiger partial charge is 0.490 e. The van der Waals surface area contributed by atoms with Gasteiger partial charge in [-0.15, -0.1) is 0 Å². The Morgan fingerprint density at radius 3 is 2.39 bits per heavy atom. The summed E-state index contributed by atoms with van der Waals surface area (Å²) < 4.78 is 6.10. The topological polar surface area (TPSA) is 44.8 Å². The predicted molar refractivity (Wildman–Crippen MR) is 125 cm³/mol. The van der Waals surface area contributed by atoms with Crippen LogP contribution in [0.1, 0.15) is 36.8 Å². The van der Waals surface area contributed by atoms with Crippen molar-refractivity contribution in [3.8, 4) is 5.75 Å². The number of anilines is 1. The monoisotopic (exact) mass is 421 g/mol. The van der Waals surface area contributed by atoms with Crippen molar-refractivity contribution in [2.45, 2.75) is 45.3 Å². The van der Waals surface area contributed by atoms with E-state index in [0.29, 0.717) is 6.10 Å². The highest BCUT2D eigenvalue weighted by Crippen LogP contribution is 2.24. The number of likely N-dealkylation sites (tertiary alicyclic amines) is 2. The number of carbonyl (C=O) groups excluding carboxylic acids is 1. The highest BCUT2D eigenvalue weighted by atomic mass is 16.5. The molecule has 2 saturated heterocycles. The molecule has 2 fully saturated rings. The lowest BCUT2D eigenvalue weighted by Crippen LogP contribution is -2.37. The quantitative estimate of drug-likeness (QED) is 0.755. The Morgan fingerprint density at radius 2 is 1.71 bits per heavy atom. The van der Waals surface area contributed by atoms with E-state index in [9.17, 15) is 4.79 Å². The third-order valence-electron chi connectivity index (χ3n) is 6.54. The molecule has 0 radical (unpaired) electrons. The molecule has 2 aliphatic rings. The van der Waals surface area contributed by atoms with E-state index >= 15 is 0 Å². The average molecular weight is 422 g/mol. The summed E-state index contributed by atoms with van der Waals surface area (Å²) in [5.74, 6) is 1.11. The number of benzene rings is 2. The van der Waals surface area contributed by atoms with Crippen LogP contribution >= 0.6 is 0 Å². The number of amides is 1. The van der Waals surface area contributed by atoms with Crippen LogP contribution in [-0.2, 0) is 11.3 Å². The van der Waals surface area contributed by atoms with Gasteiger partial charge in [-0.2, -0.15) is 0 Å². The molecule has 1 amide bonds. The van der Waals surface area contributed by atoms with Crippen LogP contribution in [0.2, 0.25) is 0 Å². The summed E-state index contributed by atoms with van der Waals surface area (Å²) in [6, 6.07) is 16.5. The average Bonchev–Trinajstić information content (AvgIpc) is 2.77. The first-order valence-corrected chi connectivity index (χ1v) is 11.6. The first-order chi connectivity index (χ1) is 15.0. The fraction of sp³-hybridized carbons (Fsp3) is 0.500. The number of hydrogen-bond donors (Lipinski definition) is 1. The molecular formula is C26H35N3O2. The SMILES string of the molecule is Cc1cccc(CN2CCC(C(=O)Nc3ccc(OC4CCN(C)CC4)cc3)CC2)c1. The van der Waals surface area contributed by atoms with Gasteiger partial charge < -0.3 is 15.0 Å². The summed E-state index contributed by atoms with van der Waals surface area (Å²) in [7, 11) is 2.15. The minimum Gasteiger partial charge on any atom is -0.490 e. The summed E-state index contributed by atoms with van der Waals surface area (Å²) in [5, 5.41) is 3.10. The van der Waals surface area contributed by atoms with Crippen molar-refractivity contribution in [1.29, 1.82) is 0 Å². The van der Waals surface area contributed by atoms with Gasteiger partial charge in [-0.1, -0.05) is 29.8 Å². The zero-order valence-electron chi connectivity index (χ0n) is 18.8. The molecule has 5 nitrogen and oxygen atoms in total. The van der Waals surface area contributed by atoms with Gasteiger partial charge in [-0.05, 0) is 82.6 Å². The molecule has 5 heteroatoms. The van der Waals surface area contributed by atoms with E-state index in [2.05, 4.69) is 53.4 Å². The van der Waals surface area contributed by atoms with Crippen LogP contribution in [0, 0.1) is 12.8 Å². The second-order valence-corrected chi connectivity index (χ2v) is 9.17. The minimum atomic E-state index is 0.0870. The Hall–Kier alpha value is -2.37. The second-order valence-electron chi connectivity index (χ2n) is 9.17. The maximum Gasteiger partial charge on any atom is 0.227 e. The Kier molecular flexibility index (Phi) is 7.25. The highest BCUT2D eigenvalue weighted by Gasteiger charge is 2.25. The van der Waals surface area contributed by atoms with Gasteiger partial charge in [0.1, 0.15) is 11.9 Å². The maximum absolute atomic E-state index is 12.7. The van der Waals surface area contributed by atoms with Crippen LogP contribution in [0.25, 0.3) is 0 Å². The van der Waals surface area contributed by atoms with Crippen molar-refractivity contribution in [3.05, 3.63) is 59.7 Å². The highest BCUT2D eigenvalue weighted by molar-refractivity contribution is 5.92. The van der Waals surface area contributed by atoms with Crippen molar-refractivity contribution in [3.63, 3.8) is 0 Å². The zero-order valence-corrected chi connectivity index (χ0v) is 18.8. The number of piperidine rings is 2. The van der Waals surface area contributed by atoms with Gasteiger partial charge in [0.2, 0.25) is 5.91 Å². The molecule has 0 saturated carbocycles. The summed E-state index contributed by atoms with van der Waals surface area (Å²) >= 11 is 0. The van der Waals surface area contributed by atoms with Crippen LogP contribution in [0.15, 0.2) is 48.5 Å². The van der Waals surface area contributed by atoms with Gasteiger partial charge >= 0.3 is 0 Å². The van der Waals surface area contributed by atoms with Crippen molar-refractivity contribution < 1.29 is 9.53 Å². The Bertz CT molecular complexity index is 851. The van der Waals surface area contributed by atoms with Gasteiger partial charge in [0.05, 0.1) is 0 Å². The summed E-state index contributed by atoms with van der Waals surface area (Å²) in [6.45, 7) is 7.21. The van der Waals surface area contributed by atoms with E-state index in [-0.39, 0.29) is 11.8 Å². The lowest BCUT2D eigenvalue weighted by molar-refractivity contribution is -0.121. The van der Waals surface area contributed by atoms with Gasteiger partial charge in [0, 0.05) is 31.2 Å². The van der Waals surface area contributed by atoms with Crippen molar-refractivity contribution in [2.24, 2.45) is 5.92 Å². The first-order valence-electron chi connectivity index (χ1n) is 11.6. The third kappa shape index (κ3) is 6.31. The number of ether oxygens (including phenoxy) is 1. The smallest absolute Gasteiger partial charge is 0.227 e. The molecule has 0 aliphatic carbocycles. The lowest BCUT2D eigenvalue weighted by atomic mass is 9.95. The van der Waals surface area contributed by atoms with E-state index in [1.807, 2.05) is 24.3 Å². The van der Waals surface area contributed by atoms with Crippen LogP contribution in [-0.4, -0.2) is 55.0 Å². The van der Waals surface area contributed by atoms with Crippen molar-refractivity contribution in [1.82, 2.24) is 9.80 Å². The first kappa shape index (κ1) is 21.8. The molecule has 1 N–H and O–H groups in total. The van der Waals surface area contributed by atoms with Crippen LogP contribution < -0.4 is 10.1 Å². The lowest BCUT2D eigenvalue weighted by Gasteiger charge is -2.31. The molecule has 2 aromatic carbocycles. The fourth-order valence-electron chi connectivity index (χ4n) is 4.58. The predicted octanol–water partition coefficient (Wildman–Crippen LogP) is 4.32. The number of nitrogens with one attached hydrogen (secondary N) is 1. The fourth-order valence-corrected chi connectivity index (χ4v) is 4.58. The molecular weight excluding hydrogens is 386 g/mol. The van der Waals surface area contributed by atoms with Crippen LogP contribution in [0.4, 0.5) is 5.69 Å². The number of nitrogens with zero attached hydrogens (tertiary/aromatic N) is 2. The number of hydrogen-bond acceptors (Lipinski definition) is 4. The molecule has 0 spiro atoms.